The SMILES string of the molecule is CC(C)(CCCCCCBr)c1cc(O)c2c(c1)OC(C)(C)[C@@H]1CCC(=O)CC21. The molecule has 1 saturated carbocycles. The Morgan fingerprint density at radius 1 is 1.21 bits per heavy atom. The van der Waals surface area contributed by atoms with Gasteiger partial charge in [-0.15, -0.1) is 0 Å². The Morgan fingerprint density at radius 3 is 2.64 bits per heavy atom. The van der Waals surface area contributed by atoms with Crippen LogP contribution in [0.5, 0.6) is 11.5 Å². The molecule has 0 aromatic heterocycles. The lowest BCUT2D eigenvalue weighted by Crippen LogP contribution is -2.47. The lowest BCUT2D eigenvalue weighted by atomic mass is 9.66. The van der Waals surface area contributed by atoms with E-state index in [2.05, 4.69) is 49.7 Å². The van der Waals surface area contributed by atoms with Crippen molar-refractivity contribution in [2.75, 3.05) is 5.33 Å². The molecule has 4 heteroatoms. The van der Waals surface area contributed by atoms with Gasteiger partial charge in [0.1, 0.15) is 22.9 Å². The lowest BCUT2D eigenvalue weighted by molar-refractivity contribution is -0.124. The summed E-state index contributed by atoms with van der Waals surface area (Å²) in [4.78, 5) is 12.1. The van der Waals surface area contributed by atoms with E-state index in [1.165, 1.54) is 25.7 Å². The Bertz CT molecular complexity index is 723. The van der Waals surface area contributed by atoms with Crippen molar-refractivity contribution in [3.8, 4) is 11.5 Å². The minimum Gasteiger partial charge on any atom is -0.508 e. The van der Waals surface area contributed by atoms with Gasteiger partial charge in [0.2, 0.25) is 0 Å². The summed E-state index contributed by atoms with van der Waals surface area (Å²) in [7, 11) is 0. The predicted octanol–water partition coefficient (Wildman–Crippen LogP) is 6.64. The molecule has 0 bridgehead atoms. The second-order valence-corrected chi connectivity index (χ2v) is 10.6. The van der Waals surface area contributed by atoms with Crippen molar-refractivity contribution in [3.63, 3.8) is 0 Å². The molecule has 0 radical (unpaired) electrons. The van der Waals surface area contributed by atoms with Crippen molar-refractivity contribution in [3.05, 3.63) is 23.3 Å². The quantitative estimate of drug-likeness (QED) is 0.373. The molecule has 3 nitrogen and oxygen atoms in total. The van der Waals surface area contributed by atoms with Crippen molar-refractivity contribution in [2.45, 2.75) is 96.0 Å². The number of alkyl halides is 1. The smallest absolute Gasteiger partial charge is 0.133 e. The summed E-state index contributed by atoms with van der Waals surface area (Å²) in [5, 5.41) is 12.0. The number of phenols is 1. The number of ketones is 1. The number of hydrogen-bond donors (Lipinski definition) is 1. The molecule has 0 saturated heterocycles. The second-order valence-electron chi connectivity index (χ2n) is 9.84. The van der Waals surface area contributed by atoms with Gasteiger partial charge in [-0.25, -0.2) is 0 Å². The number of Topliss-reactive ketones (excluding diaryl/α,β-unsaturated/α-hetero) is 1. The first-order chi connectivity index (χ1) is 13.2. The average molecular weight is 451 g/mol. The molecule has 0 spiro atoms. The van der Waals surface area contributed by atoms with Gasteiger partial charge in [0, 0.05) is 35.6 Å². The Morgan fingerprint density at radius 2 is 1.93 bits per heavy atom. The number of benzene rings is 1. The maximum Gasteiger partial charge on any atom is 0.133 e. The maximum atomic E-state index is 12.1. The zero-order chi connectivity index (χ0) is 20.5. The molecule has 1 aliphatic carbocycles. The summed E-state index contributed by atoms with van der Waals surface area (Å²) in [5.74, 6) is 1.74. The third-order valence-electron chi connectivity index (χ3n) is 6.89. The third-order valence-corrected chi connectivity index (χ3v) is 7.45. The van der Waals surface area contributed by atoms with E-state index in [9.17, 15) is 9.90 Å². The molecule has 3 rings (SSSR count). The van der Waals surface area contributed by atoms with E-state index in [1.54, 1.807) is 0 Å². The van der Waals surface area contributed by atoms with Crippen molar-refractivity contribution >= 4 is 21.7 Å². The second kappa shape index (κ2) is 8.38. The van der Waals surface area contributed by atoms with E-state index in [1.807, 2.05) is 6.07 Å². The minimum absolute atomic E-state index is 0.0202. The van der Waals surface area contributed by atoms with Crippen LogP contribution in [-0.4, -0.2) is 21.8 Å². The molecular formula is C24H35BrO3. The van der Waals surface area contributed by atoms with Gasteiger partial charge in [-0.05, 0) is 56.2 Å². The number of aromatic hydroxyl groups is 1. The van der Waals surface area contributed by atoms with Crippen molar-refractivity contribution < 1.29 is 14.6 Å². The fourth-order valence-corrected chi connectivity index (χ4v) is 5.52. The number of fused-ring (bicyclic) bond motifs is 3. The molecule has 156 valence electrons. The molecule has 28 heavy (non-hydrogen) atoms. The average Bonchev–Trinajstić information content (AvgIpc) is 2.60. The van der Waals surface area contributed by atoms with Crippen LogP contribution in [0.3, 0.4) is 0 Å². The highest BCUT2D eigenvalue weighted by Gasteiger charge is 2.47. The summed E-state index contributed by atoms with van der Waals surface area (Å²) >= 11 is 3.49. The van der Waals surface area contributed by atoms with Gasteiger partial charge >= 0.3 is 0 Å². The first kappa shape index (κ1) is 21.7. The van der Waals surface area contributed by atoms with Gasteiger partial charge in [0.25, 0.3) is 0 Å². The lowest BCUT2D eigenvalue weighted by Gasteiger charge is -2.47. The van der Waals surface area contributed by atoms with E-state index in [-0.39, 0.29) is 22.9 Å². The molecule has 1 heterocycles. The van der Waals surface area contributed by atoms with E-state index in [0.29, 0.717) is 24.4 Å². The zero-order valence-electron chi connectivity index (χ0n) is 17.8. The summed E-state index contributed by atoms with van der Waals surface area (Å²) in [6.45, 7) is 8.75. The molecule has 2 atom stereocenters. The predicted molar refractivity (Wildman–Crippen MR) is 118 cm³/mol. The van der Waals surface area contributed by atoms with E-state index >= 15 is 0 Å². The highest BCUT2D eigenvalue weighted by Crippen LogP contribution is 2.54. The van der Waals surface area contributed by atoms with Crippen LogP contribution in [0.1, 0.15) is 96.1 Å². The number of phenolic OH excluding ortho intramolecular Hbond substituents is 1. The number of halogens is 1. The largest absolute Gasteiger partial charge is 0.508 e. The molecule has 2 aliphatic rings. The zero-order valence-corrected chi connectivity index (χ0v) is 19.4. The summed E-state index contributed by atoms with van der Waals surface area (Å²) < 4.78 is 6.42. The molecule has 1 fully saturated rings. The van der Waals surface area contributed by atoms with Crippen molar-refractivity contribution in [2.24, 2.45) is 5.92 Å². The minimum atomic E-state index is -0.316. The van der Waals surface area contributed by atoms with Crippen LogP contribution in [0.2, 0.25) is 0 Å². The van der Waals surface area contributed by atoms with E-state index in [4.69, 9.17) is 4.74 Å². The third kappa shape index (κ3) is 4.42. The molecule has 1 aliphatic heterocycles. The van der Waals surface area contributed by atoms with Gasteiger partial charge in [0.15, 0.2) is 0 Å². The van der Waals surface area contributed by atoms with Crippen LogP contribution in [0.4, 0.5) is 0 Å². The van der Waals surface area contributed by atoms with Crippen LogP contribution >= 0.6 is 15.9 Å². The molecule has 0 amide bonds. The van der Waals surface area contributed by atoms with Crippen LogP contribution in [-0.2, 0) is 10.2 Å². The number of unbranched alkanes of at least 4 members (excludes halogenated alkanes) is 3. The first-order valence-electron chi connectivity index (χ1n) is 10.8. The van der Waals surface area contributed by atoms with Gasteiger partial charge in [-0.1, -0.05) is 49.0 Å². The molecule has 1 aromatic carbocycles. The molecule has 1 unspecified atom stereocenters. The van der Waals surface area contributed by atoms with Crippen molar-refractivity contribution in [1.29, 1.82) is 0 Å². The maximum absolute atomic E-state index is 12.1. The summed E-state index contributed by atoms with van der Waals surface area (Å²) in [6, 6.07) is 4.06. The van der Waals surface area contributed by atoms with Crippen LogP contribution < -0.4 is 4.74 Å². The fraction of sp³-hybridized carbons (Fsp3) is 0.708. The number of ether oxygens (including phenoxy) is 1. The topological polar surface area (TPSA) is 46.5 Å². The van der Waals surface area contributed by atoms with E-state index < -0.39 is 0 Å². The molecular weight excluding hydrogens is 416 g/mol. The van der Waals surface area contributed by atoms with Crippen LogP contribution in [0.15, 0.2) is 12.1 Å². The van der Waals surface area contributed by atoms with Crippen LogP contribution in [0, 0.1) is 5.92 Å². The monoisotopic (exact) mass is 450 g/mol. The Labute approximate surface area is 178 Å². The Hall–Kier alpha value is -1.03. The van der Waals surface area contributed by atoms with Gasteiger partial charge in [0.05, 0.1) is 0 Å². The number of rotatable bonds is 7. The molecule has 1 N–H and O–H groups in total. The number of hydrogen-bond acceptors (Lipinski definition) is 3. The Balaban J connectivity index is 1.86. The van der Waals surface area contributed by atoms with Crippen molar-refractivity contribution in [1.82, 2.24) is 0 Å². The highest BCUT2D eigenvalue weighted by atomic mass is 79.9. The molecule has 1 aromatic rings. The number of carbonyl (C=O) groups is 1. The Kier molecular flexibility index (Phi) is 6.48. The fourth-order valence-electron chi connectivity index (χ4n) is 5.12. The summed E-state index contributed by atoms with van der Waals surface area (Å²) in [5.41, 5.74) is 1.64. The van der Waals surface area contributed by atoms with Gasteiger partial charge in [-0.3, -0.25) is 4.79 Å². The highest BCUT2D eigenvalue weighted by molar-refractivity contribution is 9.09. The van der Waals surface area contributed by atoms with Gasteiger partial charge < -0.3 is 9.84 Å². The first-order valence-corrected chi connectivity index (χ1v) is 11.9. The normalized spacial score (nSPS) is 23.7. The van der Waals surface area contributed by atoms with Gasteiger partial charge in [-0.2, -0.15) is 0 Å². The van der Waals surface area contributed by atoms with Crippen LogP contribution in [0.25, 0.3) is 0 Å². The standard InChI is InChI=1S/C24H35BrO3/c1-23(2,11-7-5-6-8-12-25)16-13-20(27)22-18-15-17(26)9-10-19(18)24(3,4)28-21(22)14-16/h13-14,18-19,27H,5-12,15H2,1-4H3/t18?,19-/m1/s1. The van der Waals surface area contributed by atoms with E-state index in [0.717, 1.165) is 35.0 Å². The number of carbonyl (C=O) groups excluding carboxylic acids is 1. The summed E-state index contributed by atoms with van der Waals surface area (Å²) in [6.07, 6.45) is 7.98.